The summed E-state index contributed by atoms with van der Waals surface area (Å²) >= 11 is 0. The van der Waals surface area contributed by atoms with Crippen LogP contribution in [-0.4, -0.2) is 27.8 Å². The number of aromatic nitrogens is 2. The number of unbranched alkanes of at least 4 members (excludes halogenated alkanes) is 3. The van der Waals surface area contributed by atoms with Gasteiger partial charge in [-0.15, -0.1) is 0 Å². The molecule has 0 amide bonds. The van der Waals surface area contributed by atoms with Gasteiger partial charge in [0.25, 0.3) is 0 Å². The van der Waals surface area contributed by atoms with E-state index in [0.717, 1.165) is 37.1 Å². The number of nitrogens with zero attached hydrogens (tertiary/aromatic N) is 2. The van der Waals surface area contributed by atoms with Crippen LogP contribution >= 0.6 is 0 Å². The molecule has 0 spiro atoms. The van der Waals surface area contributed by atoms with Crippen LogP contribution in [0.15, 0.2) is 30.5 Å². The van der Waals surface area contributed by atoms with Crippen LogP contribution in [0.5, 0.6) is 5.75 Å². The van der Waals surface area contributed by atoms with E-state index in [4.69, 9.17) is 4.74 Å². The number of ether oxygens (including phenoxy) is 1. The molecule has 0 aliphatic carbocycles. The number of aromatic hydroxyl groups is 1. The molecular weight excluding hydrogens is 300 g/mol. The minimum atomic E-state index is 0.214. The van der Waals surface area contributed by atoms with Crippen LogP contribution in [0.2, 0.25) is 0 Å². The van der Waals surface area contributed by atoms with Gasteiger partial charge in [-0.1, -0.05) is 25.8 Å². The molecule has 0 aliphatic heterocycles. The molecule has 0 radical (unpaired) electrons. The molecule has 0 aliphatic rings. The zero-order valence-electron chi connectivity index (χ0n) is 14.7. The van der Waals surface area contributed by atoms with Crippen molar-refractivity contribution in [3.05, 3.63) is 36.2 Å². The van der Waals surface area contributed by atoms with Gasteiger partial charge in [0, 0.05) is 12.7 Å². The summed E-state index contributed by atoms with van der Waals surface area (Å²) in [5.74, 6) is 0.214. The lowest BCUT2D eigenvalue weighted by molar-refractivity contribution is 0.0566. The summed E-state index contributed by atoms with van der Waals surface area (Å²) in [5, 5.41) is 9.43. The highest BCUT2D eigenvalue weighted by Gasteiger charge is 2.01. The van der Waals surface area contributed by atoms with Crippen LogP contribution in [0.4, 0.5) is 0 Å². The Balaban J connectivity index is 1.71. The highest BCUT2D eigenvalue weighted by Crippen LogP contribution is 2.17. The van der Waals surface area contributed by atoms with Crippen molar-refractivity contribution in [1.82, 2.24) is 9.97 Å². The van der Waals surface area contributed by atoms with Crippen molar-refractivity contribution < 1.29 is 9.84 Å². The predicted octanol–water partition coefficient (Wildman–Crippen LogP) is 5.11. The van der Waals surface area contributed by atoms with Gasteiger partial charge in [-0.05, 0) is 50.8 Å². The number of allylic oxidation sites excluding steroid dienone is 1. The van der Waals surface area contributed by atoms with Gasteiger partial charge in [-0.2, -0.15) is 0 Å². The smallest absolute Gasteiger partial charge is 0.117 e. The highest BCUT2D eigenvalue weighted by molar-refractivity contribution is 5.76. The Morgan fingerprint density at radius 1 is 1.21 bits per heavy atom. The molecule has 0 fully saturated rings. The van der Waals surface area contributed by atoms with E-state index in [2.05, 4.69) is 29.9 Å². The number of rotatable bonds is 10. The van der Waals surface area contributed by atoms with E-state index < -0.39 is 0 Å². The zero-order valence-corrected chi connectivity index (χ0v) is 14.7. The quantitative estimate of drug-likeness (QED) is 0.615. The molecule has 4 heteroatoms. The molecule has 2 aromatic rings. The highest BCUT2D eigenvalue weighted by atomic mass is 16.5. The van der Waals surface area contributed by atoms with Crippen molar-refractivity contribution in [3.8, 4) is 5.75 Å². The minimum Gasteiger partial charge on any atom is -0.508 e. The van der Waals surface area contributed by atoms with E-state index in [1.54, 1.807) is 24.4 Å². The Bertz CT molecular complexity index is 655. The lowest BCUT2D eigenvalue weighted by Crippen LogP contribution is -2.08. The average Bonchev–Trinajstić information content (AvgIpc) is 2.58. The first-order valence-corrected chi connectivity index (χ1v) is 8.93. The Morgan fingerprint density at radius 3 is 2.92 bits per heavy atom. The van der Waals surface area contributed by atoms with E-state index in [1.165, 1.54) is 19.3 Å². The van der Waals surface area contributed by atoms with E-state index >= 15 is 0 Å². The van der Waals surface area contributed by atoms with Gasteiger partial charge >= 0.3 is 0 Å². The maximum absolute atomic E-state index is 9.43. The number of benzene rings is 1. The Morgan fingerprint density at radius 2 is 2.08 bits per heavy atom. The first-order chi connectivity index (χ1) is 11.7. The molecule has 0 saturated heterocycles. The van der Waals surface area contributed by atoms with Crippen molar-refractivity contribution in [2.75, 3.05) is 6.61 Å². The first kappa shape index (κ1) is 18.4. The van der Waals surface area contributed by atoms with Crippen molar-refractivity contribution in [3.63, 3.8) is 0 Å². The fourth-order valence-electron chi connectivity index (χ4n) is 2.54. The third kappa shape index (κ3) is 6.28. The second kappa shape index (κ2) is 10.0. The third-order valence-corrected chi connectivity index (χ3v) is 3.96. The van der Waals surface area contributed by atoms with E-state index in [9.17, 15) is 5.11 Å². The van der Waals surface area contributed by atoms with Crippen molar-refractivity contribution in [1.29, 1.82) is 0 Å². The molecule has 1 aromatic heterocycles. The van der Waals surface area contributed by atoms with E-state index in [0.29, 0.717) is 11.6 Å². The topological polar surface area (TPSA) is 55.2 Å². The van der Waals surface area contributed by atoms with Crippen LogP contribution in [0, 0.1) is 0 Å². The van der Waals surface area contributed by atoms with Gasteiger partial charge in [-0.25, -0.2) is 4.98 Å². The van der Waals surface area contributed by atoms with Crippen LogP contribution in [0.1, 0.15) is 58.1 Å². The Hall–Kier alpha value is -1.94. The molecule has 1 unspecified atom stereocenters. The molecular formula is C20H28N2O2. The summed E-state index contributed by atoms with van der Waals surface area (Å²) in [4.78, 5) is 8.85. The summed E-state index contributed by atoms with van der Waals surface area (Å²) in [6, 6.07) is 5.04. The fourth-order valence-corrected chi connectivity index (χ4v) is 2.54. The lowest BCUT2D eigenvalue weighted by atomic mass is 10.1. The summed E-state index contributed by atoms with van der Waals surface area (Å²) in [6.45, 7) is 5.24. The zero-order chi connectivity index (χ0) is 17.2. The molecule has 0 saturated carbocycles. The first-order valence-electron chi connectivity index (χ1n) is 8.93. The number of hydrogen-bond donors (Lipinski definition) is 1. The summed E-state index contributed by atoms with van der Waals surface area (Å²) in [5.41, 5.74) is 2.35. The van der Waals surface area contributed by atoms with E-state index in [-0.39, 0.29) is 5.75 Å². The van der Waals surface area contributed by atoms with Crippen LogP contribution in [0.25, 0.3) is 17.1 Å². The van der Waals surface area contributed by atoms with Gasteiger partial charge < -0.3 is 9.84 Å². The molecule has 1 N–H and O–H groups in total. The van der Waals surface area contributed by atoms with Crippen LogP contribution in [-0.2, 0) is 4.74 Å². The predicted molar refractivity (Wildman–Crippen MR) is 99.0 cm³/mol. The van der Waals surface area contributed by atoms with Crippen molar-refractivity contribution in [2.45, 2.75) is 58.5 Å². The monoisotopic (exact) mass is 328 g/mol. The fraction of sp³-hybridized carbons (Fsp3) is 0.500. The molecule has 130 valence electrons. The molecule has 1 heterocycles. The maximum Gasteiger partial charge on any atom is 0.117 e. The number of fused-ring (bicyclic) bond motifs is 1. The van der Waals surface area contributed by atoms with Gasteiger partial charge in [0.15, 0.2) is 0 Å². The molecule has 4 nitrogen and oxygen atoms in total. The SMILES string of the molecule is CCCCCOC(C)CCCC=Cc1cnc2cc(O)ccc2n1. The van der Waals surface area contributed by atoms with Crippen molar-refractivity contribution >= 4 is 17.1 Å². The molecule has 2 rings (SSSR count). The average molecular weight is 328 g/mol. The van der Waals surface area contributed by atoms with Crippen LogP contribution < -0.4 is 0 Å². The second-order valence-corrected chi connectivity index (χ2v) is 6.19. The minimum absolute atomic E-state index is 0.214. The number of phenolic OH excluding ortho intramolecular Hbond substituents is 1. The summed E-state index contributed by atoms with van der Waals surface area (Å²) in [7, 11) is 0. The second-order valence-electron chi connectivity index (χ2n) is 6.19. The maximum atomic E-state index is 9.43. The van der Waals surface area contributed by atoms with Crippen molar-refractivity contribution in [2.24, 2.45) is 0 Å². The summed E-state index contributed by atoms with van der Waals surface area (Å²) < 4.78 is 5.80. The molecule has 24 heavy (non-hydrogen) atoms. The lowest BCUT2D eigenvalue weighted by Gasteiger charge is -2.11. The molecule has 1 atom stereocenters. The van der Waals surface area contributed by atoms with Gasteiger partial charge in [0.2, 0.25) is 0 Å². The summed E-state index contributed by atoms with van der Waals surface area (Å²) in [6.07, 6.45) is 13.1. The number of hydrogen-bond acceptors (Lipinski definition) is 4. The molecule has 1 aromatic carbocycles. The standard InChI is InChI=1S/C20H28N2O2/c1-3-4-8-13-24-16(2)9-6-5-7-10-17-15-21-20-14-18(23)11-12-19(20)22-17/h7,10-12,14-16,23H,3-6,8-9,13H2,1-2H3. The van der Waals surface area contributed by atoms with E-state index in [1.807, 2.05) is 6.08 Å². The Labute approximate surface area is 144 Å². The van der Waals surface area contributed by atoms with Crippen LogP contribution in [0.3, 0.4) is 0 Å². The van der Waals surface area contributed by atoms with Gasteiger partial charge in [0.05, 0.1) is 29.0 Å². The number of phenols is 1. The van der Waals surface area contributed by atoms with Gasteiger partial charge in [-0.3, -0.25) is 4.98 Å². The largest absolute Gasteiger partial charge is 0.508 e. The molecule has 0 bridgehead atoms. The van der Waals surface area contributed by atoms with Gasteiger partial charge in [0.1, 0.15) is 5.75 Å². The Kier molecular flexibility index (Phi) is 7.69. The normalized spacial score (nSPS) is 12.9. The third-order valence-electron chi connectivity index (χ3n) is 3.96.